The standard InChI is InChI=1S/C19H21NO6/c1-25-17-9-12(3-6-14(17)21)4-8-19(24)20-11-16(23)13-5-7-15(22)18(10-13)26-2/h3-10,16,21-23H,11H2,1-2H3,(H,20,24)/b8-4+/t16-/m1/s1. The van der Waals surface area contributed by atoms with Crippen LogP contribution in [0.5, 0.6) is 23.0 Å². The molecule has 0 saturated heterocycles. The van der Waals surface area contributed by atoms with Crippen molar-refractivity contribution in [3.05, 3.63) is 53.6 Å². The van der Waals surface area contributed by atoms with Crippen molar-refractivity contribution < 1.29 is 29.6 Å². The second kappa shape index (κ2) is 8.77. The highest BCUT2D eigenvalue weighted by Gasteiger charge is 2.11. The van der Waals surface area contributed by atoms with Gasteiger partial charge >= 0.3 is 0 Å². The third kappa shape index (κ3) is 4.90. The van der Waals surface area contributed by atoms with Crippen LogP contribution in [0.25, 0.3) is 6.08 Å². The SMILES string of the molecule is COc1cc(/C=C/C(=O)NC[C@@H](O)c2ccc(O)c(OC)c2)ccc1O. The zero-order chi connectivity index (χ0) is 19.1. The van der Waals surface area contributed by atoms with Crippen LogP contribution in [-0.2, 0) is 4.79 Å². The molecule has 7 heteroatoms. The molecule has 2 aromatic carbocycles. The summed E-state index contributed by atoms with van der Waals surface area (Å²) in [6.07, 6.45) is 1.93. The maximum atomic E-state index is 11.9. The Morgan fingerprint density at radius 3 is 2.35 bits per heavy atom. The number of nitrogens with one attached hydrogen (secondary N) is 1. The van der Waals surface area contributed by atoms with Crippen molar-refractivity contribution in [1.29, 1.82) is 0 Å². The summed E-state index contributed by atoms with van der Waals surface area (Å²) in [5, 5.41) is 31.8. The molecule has 2 aromatic rings. The predicted molar refractivity (Wildman–Crippen MR) is 96.3 cm³/mol. The Kier molecular flexibility index (Phi) is 6.46. The van der Waals surface area contributed by atoms with Crippen LogP contribution < -0.4 is 14.8 Å². The molecule has 2 rings (SSSR count). The zero-order valence-corrected chi connectivity index (χ0v) is 14.5. The molecule has 0 saturated carbocycles. The van der Waals surface area contributed by atoms with E-state index in [1.807, 2.05) is 0 Å². The molecule has 0 bridgehead atoms. The first-order valence-electron chi connectivity index (χ1n) is 7.82. The molecule has 0 heterocycles. The van der Waals surface area contributed by atoms with Crippen LogP contribution >= 0.6 is 0 Å². The number of methoxy groups -OCH3 is 2. The van der Waals surface area contributed by atoms with Crippen molar-refractivity contribution in [1.82, 2.24) is 5.32 Å². The van der Waals surface area contributed by atoms with E-state index < -0.39 is 6.10 Å². The van der Waals surface area contributed by atoms with Crippen molar-refractivity contribution in [3.63, 3.8) is 0 Å². The fraction of sp³-hybridized carbons (Fsp3) is 0.211. The lowest BCUT2D eigenvalue weighted by Gasteiger charge is -2.13. The summed E-state index contributed by atoms with van der Waals surface area (Å²) < 4.78 is 9.99. The molecule has 0 aliphatic rings. The summed E-state index contributed by atoms with van der Waals surface area (Å²) in [6, 6.07) is 9.17. The van der Waals surface area contributed by atoms with Gasteiger partial charge in [-0.15, -0.1) is 0 Å². The number of phenolic OH excluding ortho intramolecular Hbond substituents is 2. The predicted octanol–water partition coefficient (Wildman–Crippen LogP) is 1.98. The molecule has 0 unspecified atom stereocenters. The maximum Gasteiger partial charge on any atom is 0.244 e. The van der Waals surface area contributed by atoms with Gasteiger partial charge in [0.15, 0.2) is 23.0 Å². The zero-order valence-electron chi connectivity index (χ0n) is 14.5. The Bertz CT molecular complexity index is 803. The number of ether oxygens (including phenoxy) is 2. The highest BCUT2D eigenvalue weighted by molar-refractivity contribution is 5.91. The molecule has 0 radical (unpaired) electrons. The fourth-order valence-electron chi connectivity index (χ4n) is 2.25. The van der Waals surface area contributed by atoms with Gasteiger partial charge in [0, 0.05) is 12.6 Å². The smallest absolute Gasteiger partial charge is 0.244 e. The van der Waals surface area contributed by atoms with Gasteiger partial charge in [0.1, 0.15) is 0 Å². The summed E-state index contributed by atoms with van der Waals surface area (Å²) in [5.41, 5.74) is 1.19. The van der Waals surface area contributed by atoms with Gasteiger partial charge in [-0.05, 0) is 41.5 Å². The van der Waals surface area contributed by atoms with Gasteiger partial charge in [-0.25, -0.2) is 0 Å². The third-order valence-electron chi connectivity index (χ3n) is 3.69. The molecule has 4 N–H and O–H groups in total. The van der Waals surface area contributed by atoms with Gasteiger partial charge in [0.05, 0.1) is 20.3 Å². The third-order valence-corrected chi connectivity index (χ3v) is 3.69. The second-order valence-corrected chi connectivity index (χ2v) is 5.46. The Balaban J connectivity index is 1.93. The Hall–Kier alpha value is -3.19. The minimum atomic E-state index is -0.949. The number of carbonyl (C=O) groups excluding carboxylic acids is 1. The van der Waals surface area contributed by atoms with Crippen molar-refractivity contribution in [2.45, 2.75) is 6.10 Å². The van der Waals surface area contributed by atoms with Gasteiger partial charge in [0.2, 0.25) is 5.91 Å². The van der Waals surface area contributed by atoms with Crippen LogP contribution in [0, 0.1) is 0 Å². The van der Waals surface area contributed by atoms with Crippen molar-refractivity contribution in [2.75, 3.05) is 20.8 Å². The minimum absolute atomic E-state index is 0.00397. The van der Waals surface area contributed by atoms with E-state index in [0.29, 0.717) is 16.9 Å². The molecule has 0 fully saturated rings. The van der Waals surface area contributed by atoms with E-state index in [9.17, 15) is 20.1 Å². The van der Waals surface area contributed by atoms with Crippen molar-refractivity contribution >= 4 is 12.0 Å². The lowest BCUT2D eigenvalue weighted by atomic mass is 10.1. The number of hydrogen-bond donors (Lipinski definition) is 4. The number of aliphatic hydroxyl groups is 1. The fourth-order valence-corrected chi connectivity index (χ4v) is 2.25. The quantitative estimate of drug-likeness (QED) is 0.563. The number of rotatable bonds is 7. The highest BCUT2D eigenvalue weighted by Crippen LogP contribution is 2.29. The summed E-state index contributed by atoms with van der Waals surface area (Å²) >= 11 is 0. The van der Waals surface area contributed by atoms with E-state index in [4.69, 9.17) is 9.47 Å². The van der Waals surface area contributed by atoms with Crippen LogP contribution in [-0.4, -0.2) is 42.0 Å². The molecular weight excluding hydrogens is 338 g/mol. The molecule has 138 valence electrons. The molecule has 26 heavy (non-hydrogen) atoms. The number of benzene rings is 2. The first-order valence-corrected chi connectivity index (χ1v) is 7.82. The maximum absolute atomic E-state index is 11.9. The highest BCUT2D eigenvalue weighted by atomic mass is 16.5. The van der Waals surface area contributed by atoms with E-state index in [1.54, 1.807) is 24.3 Å². The summed E-state index contributed by atoms with van der Waals surface area (Å²) in [6.45, 7) is -0.00397. The number of amides is 1. The first kappa shape index (κ1) is 19.1. The number of hydrogen-bond acceptors (Lipinski definition) is 6. The number of aromatic hydroxyl groups is 2. The van der Waals surface area contributed by atoms with Gasteiger partial charge in [-0.2, -0.15) is 0 Å². The minimum Gasteiger partial charge on any atom is -0.504 e. The summed E-state index contributed by atoms with van der Waals surface area (Å²) in [4.78, 5) is 11.9. The lowest BCUT2D eigenvalue weighted by Crippen LogP contribution is -2.26. The Morgan fingerprint density at radius 1 is 1.08 bits per heavy atom. The van der Waals surface area contributed by atoms with Gasteiger partial charge in [-0.1, -0.05) is 12.1 Å². The van der Waals surface area contributed by atoms with Gasteiger partial charge < -0.3 is 30.1 Å². The van der Waals surface area contributed by atoms with Crippen LogP contribution in [0.3, 0.4) is 0 Å². The molecule has 7 nitrogen and oxygen atoms in total. The van der Waals surface area contributed by atoms with E-state index in [1.165, 1.54) is 38.5 Å². The van der Waals surface area contributed by atoms with Crippen LogP contribution in [0.2, 0.25) is 0 Å². The average molecular weight is 359 g/mol. The lowest BCUT2D eigenvalue weighted by molar-refractivity contribution is -0.116. The number of phenols is 2. The second-order valence-electron chi connectivity index (χ2n) is 5.46. The molecule has 1 amide bonds. The number of aliphatic hydroxyl groups excluding tert-OH is 1. The van der Waals surface area contributed by atoms with E-state index in [-0.39, 0.29) is 29.7 Å². The molecule has 0 spiro atoms. The van der Waals surface area contributed by atoms with Crippen molar-refractivity contribution in [2.24, 2.45) is 0 Å². The average Bonchev–Trinajstić information content (AvgIpc) is 2.65. The molecule has 0 aliphatic carbocycles. The van der Waals surface area contributed by atoms with Gasteiger partial charge in [-0.3, -0.25) is 4.79 Å². The van der Waals surface area contributed by atoms with E-state index in [0.717, 1.165) is 0 Å². The number of carbonyl (C=O) groups is 1. The molecular formula is C19H21NO6. The largest absolute Gasteiger partial charge is 0.504 e. The first-order chi connectivity index (χ1) is 12.4. The topological polar surface area (TPSA) is 108 Å². The molecule has 0 aliphatic heterocycles. The normalized spacial score (nSPS) is 12.0. The Morgan fingerprint density at radius 2 is 1.69 bits per heavy atom. The van der Waals surface area contributed by atoms with E-state index >= 15 is 0 Å². The van der Waals surface area contributed by atoms with E-state index in [2.05, 4.69) is 5.32 Å². The van der Waals surface area contributed by atoms with Crippen molar-refractivity contribution in [3.8, 4) is 23.0 Å². The van der Waals surface area contributed by atoms with Crippen LogP contribution in [0.1, 0.15) is 17.2 Å². The van der Waals surface area contributed by atoms with Gasteiger partial charge in [0.25, 0.3) is 0 Å². The molecule has 0 aromatic heterocycles. The summed E-state index contributed by atoms with van der Waals surface area (Å²) in [5.74, 6) is 0.154. The summed E-state index contributed by atoms with van der Waals surface area (Å²) in [7, 11) is 2.85. The van der Waals surface area contributed by atoms with Crippen LogP contribution in [0.4, 0.5) is 0 Å². The monoisotopic (exact) mass is 359 g/mol. The molecule has 1 atom stereocenters. The van der Waals surface area contributed by atoms with Crippen LogP contribution in [0.15, 0.2) is 42.5 Å². The Labute approximate surface area is 151 Å².